The molecule has 156 valence electrons. The number of fused-ring (bicyclic) bond motifs is 5. The Balaban J connectivity index is 1.45. The molecular formula is C25H38O3. The normalized spacial score (nSPS) is 42.5. The molecule has 4 aliphatic rings. The monoisotopic (exact) mass is 386 g/mol. The fraction of sp³-hybridized carbons (Fsp3) is 0.840. The highest BCUT2D eigenvalue weighted by atomic mass is 16.5. The average molecular weight is 387 g/mol. The van der Waals surface area contributed by atoms with Crippen molar-refractivity contribution in [2.45, 2.75) is 98.0 Å². The number of ether oxygens (including phenoxy) is 1. The fourth-order valence-electron chi connectivity index (χ4n) is 7.15. The second kappa shape index (κ2) is 7.29. The summed E-state index contributed by atoms with van der Waals surface area (Å²) in [6.45, 7) is 9.01. The summed E-state index contributed by atoms with van der Waals surface area (Å²) < 4.78 is 5.85. The van der Waals surface area contributed by atoms with Gasteiger partial charge in [-0.15, -0.1) is 0 Å². The van der Waals surface area contributed by atoms with Crippen molar-refractivity contribution in [3.8, 4) is 0 Å². The van der Waals surface area contributed by atoms with Crippen LogP contribution in [0.1, 0.15) is 91.9 Å². The Morgan fingerprint density at radius 1 is 1.14 bits per heavy atom. The lowest BCUT2D eigenvalue weighted by molar-refractivity contribution is -0.151. The number of rotatable bonds is 4. The summed E-state index contributed by atoms with van der Waals surface area (Å²) in [5.41, 5.74) is 1.73. The van der Waals surface area contributed by atoms with E-state index in [1.165, 1.54) is 12.0 Å². The molecule has 28 heavy (non-hydrogen) atoms. The molecule has 3 fully saturated rings. The molecule has 0 unspecified atom stereocenters. The lowest BCUT2D eigenvalue weighted by Gasteiger charge is -2.56. The van der Waals surface area contributed by atoms with Gasteiger partial charge in [0.05, 0.1) is 0 Å². The van der Waals surface area contributed by atoms with E-state index in [0.717, 1.165) is 51.4 Å². The van der Waals surface area contributed by atoms with Crippen LogP contribution in [-0.4, -0.2) is 17.9 Å². The maximum absolute atomic E-state index is 12.5. The predicted molar refractivity (Wildman–Crippen MR) is 111 cm³/mol. The Hall–Kier alpha value is -1.12. The number of carbonyl (C=O) groups excluding carboxylic acids is 2. The van der Waals surface area contributed by atoms with E-state index < -0.39 is 0 Å². The highest BCUT2D eigenvalue weighted by Crippen LogP contribution is 2.64. The van der Waals surface area contributed by atoms with Crippen molar-refractivity contribution in [2.24, 2.45) is 34.5 Å². The summed E-state index contributed by atoms with van der Waals surface area (Å²) in [6.07, 6.45) is 12.3. The van der Waals surface area contributed by atoms with Crippen molar-refractivity contribution in [1.29, 1.82) is 0 Å². The quantitative estimate of drug-likeness (QED) is 0.448. The summed E-state index contributed by atoms with van der Waals surface area (Å²) >= 11 is 0. The summed E-state index contributed by atoms with van der Waals surface area (Å²) in [7, 11) is 0. The predicted octanol–water partition coefficient (Wildman–Crippen LogP) is 5.87. The first-order chi connectivity index (χ1) is 13.2. The van der Waals surface area contributed by atoms with E-state index >= 15 is 0 Å². The number of allylic oxidation sites excluding steroid dienone is 1. The Labute approximate surface area is 170 Å². The third kappa shape index (κ3) is 3.27. The van der Waals surface area contributed by atoms with Gasteiger partial charge in [0.25, 0.3) is 0 Å². The second-order valence-electron chi connectivity index (χ2n) is 11.0. The van der Waals surface area contributed by atoms with Crippen molar-refractivity contribution < 1.29 is 14.3 Å². The van der Waals surface area contributed by atoms with Crippen LogP contribution in [0.4, 0.5) is 0 Å². The third-order valence-electron chi connectivity index (χ3n) is 8.99. The van der Waals surface area contributed by atoms with Gasteiger partial charge in [0.15, 0.2) is 0 Å². The third-order valence-corrected chi connectivity index (χ3v) is 8.99. The first kappa shape index (κ1) is 20.2. The van der Waals surface area contributed by atoms with Crippen LogP contribution in [0.5, 0.6) is 0 Å². The van der Waals surface area contributed by atoms with Crippen molar-refractivity contribution >= 4 is 11.8 Å². The molecule has 4 aliphatic carbocycles. The van der Waals surface area contributed by atoms with Gasteiger partial charge in [-0.3, -0.25) is 9.59 Å². The molecule has 4 rings (SSSR count). The molecule has 6 atom stereocenters. The highest BCUT2D eigenvalue weighted by Gasteiger charge is 2.58. The number of hydrogen-bond donors (Lipinski definition) is 0. The minimum absolute atomic E-state index is 0.0190. The maximum Gasteiger partial charge on any atom is 0.306 e. The number of esters is 1. The van der Waals surface area contributed by atoms with E-state index in [1.807, 2.05) is 0 Å². The summed E-state index contributed by atoms with van der Waals surface area (Å²) in [6, 6.07) is 0. The topological polar surface area (TPSA) is 43.4 Å². The molecule has 0 radical (unpaired) electrons. The van der Waals surface area contributed by atoms with Gasteiger partial charge in [-0.25, -0.2) is 0 Å². The molecule has 3 nitrogen and oxygen atoms in total. The van der Waals surface area contributed by atoms with Crippen LogP contribution in [0.2, 0.25) is 0 Å². The molecule has 0 aromatic rings. The molecule has 0 aliphatic heterocycles. The molecule has 0 aromatic carbocycles. The van der Waals surface area contributed by atoms with Crippen LogP contribution >= 0.6 is 0 Å². The Kier molecular flexibility index (Phi) is 5.25. The van der Waals surface area contributed by atoms with Crippen molar-refractivity contribution in [1.82, 2.24) is 0 Å². The van der Waals surface area contributed by atoms with Crippen molar-refractivity contribution in [3.05, 3.63) is 11.6 Å². The molecule has 0 bridgehead atoms. The molecular weight excluding hydrogens is 348 g/mol. The second-order valence-corrected chi connectivity index (χ2v) is 11.0. The van der Waals surface area contributed by atoms with Gasteiger partial charge < -0.3 is 4.74 Å². The first-order valence-corrected chi connectivity index (χ1v) is 11.7. The van der Waals surface area contributed by atoms with Crippen LogP contribution in [-0.2, 0) is 14.3 Å². The number of ketones is 1. The van der Waals surface area contributed by atoms with Gasteiger partial charge >= 0.3 is 5.97 Å². The van der Waals surface area contributed by atoms with Crippen LogP contribution in [0, 0.1) is 34.5 Å². The number of Topliss-reactive ketones (excluding diaryl/α,β-unsaturated/α-hetero) is 1. The van der Waals surface area contributed by atoms with E-state index in [2.05, 4.69) is 33.8 Å². The molecule has 3 saturated carbocycles. The van der Waals surface area contributed by atoms with E-state index in [9.17, 15) is 9.59 Å². The van der Waals surface area contributed by atoms with Gasteiger partial charge in [-0.1, -0.05) is 39.3 Å². The van der Waals surface area contributed by atoms with Crippen LogP contribution in [0.15, 0.2) is 11.6 Å². The number of hydrogen-bond acceptors (Lipinski definition) is 3. The Morgan fingerprint density at radius 2 is 1.86 bits per heavy atom. The van der Waals surface area contributed by atoms with E-state index in [1.54, 1.807) is 0 Å². The van der Waals surface area contributed by atoms with Crippen molar-refractivity contribution in [3.63, 3.8) is 0 Å². The molecule has 0 heterocycles. The average Bonchev–Trinajstić information content (AvgIpc) is 2.95. The standard InChI is InChI=1S/C25H38O3/c1-16(2)5-10-23(27)28-18-11-13-24(3)17(15-18)6-7-19-20-8-9-22(26)25(20,4)14-12-21(19)24/h6,16,18-21H,5,7-15H2,1-4H3/t18-,19-,20-,21-,24-,25-/m0/s1. The lowest BCUT2D eigenvalue weighted by Crippen LogP contribution is -2.50. The maximum atomic E-state index is 12.5. The van der Waals surface area contributed by atoms with E-state index in [-0.39, 0.29) is 22.9 Å². The summed E-state index contributed by atoms with van der Waals surface area (Å²) in [5, 5.41) is 0. The molecule has 0 N–H and O–H groups in total. The van der Waals surface area contributed by atoms with E-state index in [0.29, 0.717) is 35.9 Å². The SMILES string of the molecule is CC(C)CCC(=O)O[C@H]1CC[C@@]2(C)C(=CC[C@@H]3[C@@H]2CC[C@]2(C)C(=O)CC[C@@H]32)C1. The van der Waals surface area contributed by atoms with E-state index in [4.69, 9.17) is 4.74 Å². The lowest BCUT2D eigenvalue weighted by atomic mass is 9.48. The van der Waals surface area contributed by atoms with Crippen LogP contribution < -0.4 is 0 Å². The molecule has 3 heteroatoms. The minimum atomic E-state index is -0.0496. The fourth-order valence-corrected chi connectivity index (χ4v) is 7.15. The van der Waals surface area contributed by atoms with Crippen LogP contribution in [0.3, 0.4) is 0 Å². The molecule has 0 aromatic heterocycles. The number of carbonyl (C=O) groups is 2. The van der Waals surface area contributed by atoms with Gasteiger partial charge in [0.2, 0.25) is 0 Å². The Bertz CT molecular complexity index is 677. The largest absolute Gasteiger partial charge is 0.462 e. The smallest absolute Gasteiger partial charge is 0.306 e. The van der Waals surface area contributed by atoms with Gasteiger partial charge in [0, 0.05) is 24.7 Å². The van der Waals surface area contributed by atoms with Crippen molar-refractivity contribution in [2.75, 3.05) is 0 Å². The van der Waals surface area contributed by atoms with Gasteiger partial charge in [-0.2, -0.15) is 0 Å². The summed E-state index contributed by atoms with van der Waals surface area (Å²) in [5.74, 6) is 3.00. The van der Waals surface area contributed by atoms with Crippen LogP contribution in [0.25, 0.3) is 0 Å². The molecule has 0 saturated heterocycles. The first-order valence-electron chi connectivity index (χ1n) is 11.7. The van der Waals surface area contributed by atoms with Gasteiger partial charge in [0.1, 0.15) is 11.9 Å². The highest BCUT2D eigenvalue weighted by molar-refractivity contribution is 5.87. The molecule has 0 spiro atoms. The zero-order valence-corrected chi connectivity index (χ0v) is 18.3. The zero-order valence-electron chi connectivity index (χ0n) is 18.3. The zero-order chi connectivity index (χ0) is 20.1. The molecule has 0 amide bonds. The van der Waals surface area contributed by atoms with Gasteiger partial charge in [-0.05, 0) is 74.0 Å². The summed E-state index contributed by atoms with van der Waals surface area (Å²) in [4.78, 5) is 24.7. The minimum Gasteiger partial charge on any atom is -0.462 e. The Morgan fingerprint density at radius 3 is 2.61 bits per heavy atom.